The molecule has 1 unspecified atom stereocenters. The Morgan fingerprint density at radius 3 is 2.94 bits per heavy atom. The molecule has 0 fully saturated rings. The Morgan fingerprint density at radius 1 is 1.29 bits per heavy atom. The molecule has 0 aliphatic carbocycles. The van der Waals surface area contributed by atoms with E-state index in [0.29, 0.717) is 6.04 Å². The minimum absolute atomic E-state index is 0.630. The average molecular weight is 230 g/mol. The lowest BCUT2D eigenvalue weighted by molar-refractivity contribution is 0.512. The molecule has 2 N–H and O–H groups in total. The van der Waals surface area contributed by atoms with Crippen LogP contribution < -0.4 is 5.32 Å². The molecular formula is C15H22N2. The van der Waals surface area contributed by atoms with Crippen molar-refractivity contribution in [3.8, 4) is 0 Å². The fourth-order valence-corrected chi connectivity index (χ4v) is 2.33. The molecule has 0 amide bonds. The normalized spacial score (nSPS) is 13.1. The number of aromatic nitrogens is 1. The number of aromatic amines is 1. The third-order valence-corrected chi connectivity index (χ3v) is 3.28. The van der Waals surface area contributed by atoms with Gasteiger partial charge in [-0.2, -0.15) is 0 Å². The van der Waals surface area contributed by atoms with Crippen molar-refractivity contribution >= 4 is 10.9 Å². The second kappa shape index (κ2) is 5.87. The number of H-pyrrole nitrogens is 1. The Labute approximate surface area is 103 Å². The summed E-state index contributed by atoms with van der Waals surface area (Å²) < 4.78 is 0. The topological polar surface area (TPSA) is 27.8 Å². The van der Waals surface area contributed by atoms with Gasteiger partial charge in [-0.05, 0) is 37.9 Å². The monoisotopic (exact) mass is 230 g/mol. The molecule has 2 rings (SSSR count). The first-order chi connectivity index (χ1) is 8.31. The smallest absolute Gasteiger partial charge is 0.0456 e. The first-order valence-corrected chi connectivity index (χ1v) is 6.59. The number of para-hydroxylation sites is 1. The van der Waals surface area contributed by atoms with E-state index >= 15 is 0 Å². The minimum atomic E-state index is 0.630. The number of hydrogen-bond donors (Lipinski definition) is 2. The summed E-state index contributed by atoms with van der Waals surface area (Å²) >= 11 is 0. The zero-order chi connectivity index (χ0) is 12.1. The van der Waals surface area contributed by atoms with Gasteiger partial charge in [0.25, 0.3) is 0 Å². The largest absolute Gasteiger partial charge is 0.361 e. The Hall–Kier alpha value is -1.28. The van der Waals surface area contributed by atoms with Crippen LogP contribution in [0.5, 0.6) is 0 Å². The van der Waals surface area contributed by atoms with E-state index in [0.717, 1.165) is 13.0 Å². The SMILES string of the molecule is CCCC(C)NCCc1c[nH]c2ccccc12. The molecule has 1 aromatic heterocycles. The van der Waals surface area contributed by atoms with Crippen molar-refractivity contribution in [2.45, 2.75) is 39.2 Å². The van der Waals surface area contributed by atoms with Crippen molar-refractivity contribution in [2.24, 2.45) is 0 Å². The molecule has 1 heterocycles. The van der Waals surface area contributed by atoms with Gasteiger partial charge in [0.05, 0.1) is 0 Å². The first-order valence-electron chi connectivity index (χ1n) is 6.59. The van der Waals surface area contributed by atoms with Crippen molar-refractivity contribution in [2.75, 3.05) is 6.54 Å². The van der Waals surface area contributed by atoms with Gasteiger partial charge in [0.15, 0.2) is 0 Å². The highest BCUT2D eigenvalue weighted by atomic mass is 14.9. The summed E-state index contributed by atoms with van der Waals surface area (Å²) in [6, 6.07) is 9.13. The minimum Gasteiger partial charge on any atom is -0.361 e. The van der Waals surface area contributed by atoms with E-state index in [2.05, 4.69) is 54.6 Å². The van der Waals surface area contributed by atoms with E-state index in [-0.39, 0.29) is 0 Å². The van der Waals surface area contributed by atoms with E-state index in [1.807, 2.05) is 0 Å². The molecule has 0 saturated heterocycles. The fourth-order valence-electron chi connectivity index (χ4n) is 2.33. The predicted octanol–water partition coefficient (Wildman–Crippen LogP) is 3.49. The van der Waals surface area contributed by atoms with Crippen LogP contribution in [-0.4, -0.2) is 17.6 Å². The maximum Gasteiger partial charge on any atom is 0.0456 e. The quantitative estimate of drug-likeness (QED) is 0.781. The van der Waals surface area contributed by atoms with Crippen molar-refractivity contribution < 1.29 is 0 Å². The van der Waals surface area contributed by atoms with Crippen LogP contribution in [0.1, 0.15) is 32.3 Å². The molecule has 0 aliphatic heterocycles. The van der Waals surface area contributed by atoms with Gasteiger partial charge in [-0.1, -0.05) is 31.5 Å². The lowest BCUT2D eigenvalue weighted by Gasteiger charge is -2.11. The highest BCUT2D eigenvalue weighted by Gasteiger charge is 2.03. The van der Waals surface area contributed by atoms with Crippen LogP contribution in [0, 0.1) is 0 Å². The highest BCUT2D eigenvalue weighted by Crippen LogP contribution is 2.17. The first kappa shape index (κ1) is 12.2. The van der Waals surface area contributed by atoms with Gasteiger partial charge in [-0.15, -0.1) is 0 Å². The lowest BCUT2D eigenvalue weighted by atomic mass is 10.1. The summed E-state index contributed by atoms with van der Waals surface area (Å²) in [4.78, 5) is 3.32. The third-order valence-electron chi connectivity index (χ3n) is 3.28. The zero-order valence-electron chi connectivity index (χ0n) is 10.8. The molecule has 2 heteroatoms. The van der Waals surface area contributed by atoms with Crippen LogP contribution in [-0.2, 0) is 6.42 Å². The Morgan fingerprint density at radius 2 is 2.12 bits per heavy atom. The van der Waals surface area contributed by atoms with Gasteiger partial charge in [-0.3, -0.25) is 0 Å². The summed E-state index contributed by atoms with van der Waals surface area (Å²) in [5, 5.41) is 4.93. The van der Waals surface area contributed by atoms with E-state index in [1.54, 1.807) is 0 Å². The number of benzene rings is 1. The van der Waals surface area contributed by atoms with Crippen molar-refractivity contribution in [1.82, 2.24) is 10.3 Å². The molecule has 0 radical (unpaired) electrons. The molecule has 1 aromatic carbocycles. The number of rotatable bonds is 6. The molecule has 0 aliphatic rings. The zero-order valence-corrected chi connectivity index (χ0v) is 10.8. The van der Waals surface area contributed by atoms with E-state index in [4.69, 9.17) is 0 Å². The molecular weight excluding hydrogens is 208 g/mol. The Balaban J connectivity index is 1.91. The van der Waals surface area contributed by atoms with Crippen LogP contribution in [0.2, 0.25) is 0 Å². The van der Waals surface area contributed by atoms with Crippen LogP contribution in [0.15, 0.2) is 30.5 Å². The van der Waals surface area contributed by atoms with Gasteiger partial charge in [0, 0.05) is 23.1 Å². The number of hydrogen-bond acceptors (Lipinski definition) is 1. The van der Waals surface area contributed by atoms with E-state index in [1.165, 1.54) is 29.3 Å². The van der Waals surface area contributed by atoms with Gasteiger partial charge >= 0.3 is 0 Å². The summed E-state index contributed by atoms with van der Waals surface area (Å²) in [6.07, 6.45) is 5.74. The van der Waals surface area contributed by atoms with E-state index in [9.17, 15) is 0 Å². The molecule has 0 bridgehead atoms. The predicted molar refractivity (Wildman–Crippen MR) is 74.4 cm³/mol. The van der Waals surface area contributed by atoms with Gasteiger partial charge in [0.1, 0.15) is 0 Å². The van der Waals surface area contributed by atoms with Gasteiger partial charge in [0.2, 0.25) is 0 Å². The molecule has 0 saturated carbocycles. The average Bonchev–Trinajstić information content (AvgIpc) is 2.73. The van der Waals surface area contributed by atoms with E-state index < -0.39 is 0 Å². The van der Waals surface area contributed by atoms with Crippen LogP contribution >= 0.6 is 0 Å². The summed E-state index contributed by atoms with van der Waals surface area (Å²) in [7, 11) is 0. The maximum absolute atomic E-state index is 3.57. The molecule has 2 nitrogen and oxygen atoms in total. The second-order valence-electron chi connectivity index (χ2n) is 4.75. The number of fused-ring (bicyclic) bond motifs is 1. The molecule has 92 valence electrons. The third kappa shape index (κ3) is 3.10. The summed E-state index contributed by atoms with van der Waals surface area (Å²) in [6.45, 7) is 5.56. The maximum atomic E-state index is 3.57. The standard InChI is InChI=1S/C15H22N2/c1-3-6-12(2)16-10-9-13-11-17-15-8-5-4-7-14(13)15/h4-5,7-8,11-12,16-17H,3,6,9-10H2,1-2H3. The van der Waals surface area contributed by atoms with Crippen LogP contribution in [0.3, 0.4) is 0 Å². The molecule has 17 heavy (non-hydrogen) atoms. The highest BCUT2D eigenvalue weighted by molar-refractivity contribution is 5.83. The van der Waals surface area contributed by atoms with Crippen molar-refractivity contribution in [3.63, 3.8) is 0 Å². The Kier molecular flexibility index (Phi) is 4.21. The van der Waals surface area contributed by atoms with Gasteiger partial charge < -0.3 is 10.3 Å². The van der Waals surface area contributed by atoms with Gasteiger partial charge in [-0.25, -0.2) is 0 Å². The summed E-state index contributed by atoms with van der Waals surface area (Å²) in [5.41, 5.74) is 2.65. The van der Waals surface area contributed by atoms with Crippen molar-refractivity contribution in [3.05, 3.63) is 36.0 Å². The summed E-state index contributed by atoms with van der Waals surface area (Å²) in [5.74, 6) is 0. The van der Waals surface area contributed by atoms with Crippen molar-refractivity contribution in [1.29, 1.82) is 0 Å². The Bertz CT molecular complexity index is 459. The van der Waals surface area contributed by atoms with Crippen LogP contribution in [0.25, 0.3) is 10.9 Å². The second-order valence-corrected chi connectivity index (χ2v) is 4.75. The fraction of sp³-hybridized carbons (Fsp3) is 0.467. The lowest BCUT2D eigenvalue weighted by Crippen LogP contribution is -2.27. The number of nitrogens with one attached hydrogen (secondary N) is 2. The molecule has 0 spiro atoms. The molecule has 1 atom stereocenters. The van der Waals surface area contributed by atoms with Crippen LogP contribution in [0.4, 0.5) is 0 Å². The molecule has 2 aromatic rings.